The van der Waals surface area contributed by atoms with Crippen LogP contribution in [0, 0.1) is 11.3 Å². The standard InChI is InChI=1S/C19H25N3O3/c1-9-23-13-16(1)12-22-7-2-19(3-8-22)4-10-24-14-17(19)15-25-18-11-20-5-6-21-18/h1,5-6,9,11,13,17H,2-4,7-8,10,12,14-15H2/t17-/m1/s1. The number of furan rings is 1. The number of piperidine rings is 1. The van der Waals surface area contributed by atoms with E-state index in [1.54, 1.807) is 24.9 Å². The fourth-order valence-corrected chi connectivity index (χ4v) is 4.11. The Balaban J connectivity index is 1.35. The van der Waals surface area contributed by atoms with Gasteiger partial charge in [0.15, 0.2) is 0 Å². The Kier molecular flexibility index (Phi) is 4.99. The summed E-state index contributed by atoms with van der Waals surface area (Å²) < 4.78 is 16.9. The second-order valence-electron chi connectivity index (χ2n) is 7.15. The van der Waals surface area contributed by atoms with Gasteiger partial charge in [0, 0.05) is 37.0 Å². The molecule has 6 nitrogen and oxygen atoms in total. The van der Waals surface area contributed by atoms with Gasteiger partial charge in [0.05, 0.1) is 31.9 Å². The van der Waals surface area contributed by atoms with Gasteiger partial charge >= 0.3 is 0 Å². The van der Waals surface area contributed by atoms with Crippen LogP contribution in [-0.2, 0) is 11.3 Å². The highest BCUT2D eigenvalue weighted by Gasteiger charge is 2.43. The number of rotatable bonds is 5. The van der Waals surface area contributed by atoms with Crippen LogP contribution in [0.2, 0.25) is 0 Å². The zero-order valence-corrected chi connectivity index (χ0v) is 14.5. The van der Waals surface area contributed by atoms with Crippen LogP contribution < -0.4 is 4.74 Å². The van der Waals surface area contributed by atoms with Gasteiger partial charge in [-0.2, -0.15) is 0 Å². The van der Waals surface area contributed by atoms with Crippen LogP contribution in [-0.4, -0.2) is 47.8 Å². The van der Waals surface area contributed by atoms with Crippen molar-refractivity contribution in [1.29, 1.82) is 0 Å². The maximum Gasteiger partial charge on any atom is 0.232 e. The van der Waals surface area contributed by atoms with E-state index in [2.05, 4.69) is 20.9 Å². The summed E-state index contributed by atoms with van der Waals surface area (Å²) in [5.41, 5.74) is 1.58. The van der Waals surface area contributed by atoms with E-state index in [1.165, 1.54) is 18.4 Å². The maximum absolute atomic E-state index is 5.91. The minimum absolute atomic E-state index is 0.327. The molecule has 0 bridgehead atoms. The summed E-state index contributed by atoms with van der Waals surface area (Å²) in [7, 11) is 0. The second-order valence-corrected chi connectivity index (χ2v) is 7.15. The number of ether oxygens (including phenoxy) is 2. The van der Waals surface area contributed by atoms with Gasteiger partial charge in [-0.25, -0.2) is 4.98 Å². The molecule has 2 aliphatic rings. The van der Waals surface area contributed by atoms with E-state index in [1.807, 2.05) is 6.26 Å². The first-order valence-electron chi connectivity index (χ1n) is 9.04. The minimum atomic E-state index is 0.327. The number of likely N-dealkylation sites (tertiary alicyclic amines) is 1. The predicted octanol–water partition coefficient (Wildman–Crippen LogP) is 2.77. The molecule has 2 saturated heterocycles. The summed E-state index contributed by atoms with van der Waals surface area (Å²) in [6.45, 7) is 5.51. The van der Waals surface area contributed by atoms with Crippen molar-refractivity contribution in [2.75, 3.05) is 32.9 Å². The Bertz CT molecular complexity index is 639. The van der Waals surface area contributed by atoms with Crippen molar-refractivity contribution in [3.63, 3.8) is 0 Å². The van der Waals surface area contributed by atoms with Crippen molar-refractivity contribution in [3.05, 3.63) is 42.7 Å². The lowest BCUT2D eigenvalue weighted by atomic mass is 9.66. The summed E-state index contributed by atoms with van der Waals surface area (Å²) in [5.74, 6) is 1.01. The number of aromatic nitrogens is 2. The SMILES string of the molecule is c1cnc(OC[C@H]2COCCC23CCN(Cc2ccoc2)CC3)cn1. The second kappa shape index (κ2) is 7.54. The number of hydrogen-bond donors (Lipinski definition) is 0. The maximum atomic E-state index is 5.91. The molecular weight excluding hydrogens is 318 g/mol. The molecule has 0 amide bonds. The van der Waals surface area contributed by atoms with Crippen LogP contribution in [0.3, 0.4) is 0 Å². The Morgan fingerprint density at radius 2 is 2.16 bits per heavy atom. The van der Waals surface area contributed by atoms with Crippen molar-refractivity contribution in [2.45, 2.75) is 25.8 Å². The van der Waals surface area contributed by atoms with E-state index in [0.717, 1.165) is 39.3 Å². The van der Waals surface area contributed by atoms with Gasteiger partial charge < -0.3 is 13.9 Å². The van der Waals surface area contributed by atoms with Crippen LogP contribution in [0.1, 0.15) is 24.8 Å². The van der Waals surface area contributed by atoms with Gasteiger partial charge in [-0.3, -0.25) is 9.88 Å². The third-order valence-electron chi connectivity index (χ3n) is 5.74. The van der Waals surface area contributed by atoms with Crippen molar-refractivity contribution < 1.29 is 13.9 Å². The Morgan fingerprint density at radius 1 is 1.24 bits per heavy atom. The quantitative estimate of drug-likeness (QED) is 0.832. The minimum Gasteiger partial charge on any atom is -0.476 e. The van der Waals surface area contributed by atoms with Gasteiger partial charge in [-0.15, -0.1) is 0 Å². The summed E-state index contributed by atoms with van der Waals surface area (Å²) >= 11 is 0. The lowest BCUT2D eigenvalue weighted by molar-refractivity contribution is -0.0867. The van der Waals surface area contributed by atoms with Crippen LogP contribution in [0.4, 0.5) is 0 Å². The Morgan fingerprint density at radius 3 is 2.92 bits per heavy atom. The molecule has 4 heterocycles. The van der Waals surface area contributed by atoms with E-state index in [4.69, 9.17) is 13.9 Å². The third kappa shape index (κ3) is 3.85. The lowest BCUT2D eigenvalue weighted by Gasteiger charge is -2.48. The zero-order chi connectivity index (χ0) is 17.0. The van der Waals surface area contributed by atoms with E-state index in [9.17, 15) is 0 Å². The summed E-state index contributed by atoms with van der Waals surface area (Å²) in [5, 5.41) is 0. The molecule has 4 rings (SSSR count). The van der Waals surface area contributed by atoms with Crippen LogP contribution >= 0.6 is 0 Å². The van der Waals surface area contributed by atoms with Crippen LogP contribution in [0.25, 0.3) is 0 Å². The highest BCUT2D eigenvalue weighted by molar-refractivity contribution is 5.06. The van der Waals surface area contributed by atoms with E-state index in [0.29, 0.717) is 23.8 Å². The molecule has 0 radical (unpaired) electrons. The molecule has 2 aliphatic heterocycles. The fourth-order valence-electron chi connectivity index (χ4n) is 4.11. The predicted molar refractivity (Wildman–Crippen MR) is 92.1 cm³/mol. The van der Waals surface area contributed by atoms with Crippen molar-refractivity contribution in [1.82, 2.24) is 14.9 Å². The molecule has 2 fully saturated rings. The molecular formula is C19H25N3O3. The van der Waals surface area contributed by atoms with Gasteiger partial charge in [-0.05, 0) is 43.8 Å². The summed E-state index contributed by atoms with van der Waals surface area (Å²) in [6.07, 6.45) is 12.1. The van der Waals surface area contributed by atoms with Gasteiger partial charge in [0.1, 0.15) is 0 Å². The molecule has 25 heavy (non-hydrogen) atoms. The smallest absolute Gasteiger partial charge is 0.232 e. The van der Waals surface area contributed by atoms with E-state index < -0.39 is 0 Å². The van der Waals surface area contributed by atoms with Crippen molar-refractivity contribution >= 4 is 0 Å². The third-order valence-corrected chi connectivity index (χ3v) is 5.74. The van der Waals surface area contributed by atoms with E-state index in [-0.39, 0.29) is 0 Å². The molecule has 2 aromatic rings. The topological polar surface area (TPSA) is 60.6 Å². The van der Waals surface area contributed by atoms with Crippen molar-refractivity contribution in [3.8, 4) is 5.88 Å². The summed E-state index contributed by atoms with van der Waals surface area (Å²) in [6, 6.07) is 2.05. The largest absolute Gasteiger partial charge is 0.476 e. The highest BCUT2D eigenvalue weighted by Crippen LogP contribution is 2.45. The lowest BCUT2D eigenvalue weighted by Crippen LogP contribution is -2.49. The molecule has 134 valence electrons. The first kappa shape index (κ1) is 16.5. The van der Waals surface area contributed by atoms with Gasteiger partial charge in [0.25, 0.3) is 0 Å². The van der Waals surface area contributed by atoms with Gasteiger partial charge in [-0.1, -0.05) is 0 Å². The summed E-state index contributed by atoms with van der Waals surface area (Å²) in [4.78, 5) is 10.8. The highest BCUT2D eigenvalue weighted by atomic mass is 16.5. The molecule has 0 aliphatic carbocycles. The first-order chi connectivity index (χ1) is 12.3. The molecule has 1 atom stereocenters. The molecule has 6 heteroatoms. The van der Waals surface area contributed by atoms with Crippen molar-refractivity contribution in [2.24, 2.45) is 11.3 Å². The van der Waals surface area contributed by atoms with Crippen LogP contribution in [0.15, 0.2) is 41.6 Å². The molecule has 0 N–H and O–H groups in total. The zero-order valence-electron chi connectivity index (χ0n) is 14.5. The number of hydrogen-bond acceptors (Lipinski definition) is 6. The first-order valence-corrected chi connectivity index (χ1v) is 9.04. The molecule has 0 aromatic carbocycles. The van der Waals surface area contributed by atoms with Gasteiger partial charge in [0.2, 0.25) is 5.88 Å². The monoisotopic (exact) mass is 343 g/mol. The van der Waals surface area contributed by atoms with E-state index >= 15 is 0 Å². The molecule has 0 saturated carbocycles. The van der Waals surface area contributed by atoms with Crippen LogP contribution in [0.5, 0.6) is 5.88 Å². The average molecular weight is 343 g/mol. The normalized spacial score (nSPS) is 23.6. The molecule has 2 aromatic heterocycles. The fraction of sp³-hybridized carbons (Fsp3) is 0.579. The Labute approximate surface area is 148 Å². The average Bonchev–Trinajstić information content (AvgIpc) is 3.17. The number of nitrogens with zero attached hydrogens (tertiary/aromatic N) is 3. The Hall–Kier alpha value is -1.92. The molecule has 0 unspecified atom stereocenters. The molecule has 1 spiro atoms.